The Kier molecular flexibility index (Phi) is 5.76. The van der Waals surface area contributed by atoms with Crippen LogP contribution in [-0.4, -0.2) is 27.5 Å². The summed E-state index contributed by atoms with van der Waals surface area (Å²) in [6, 6.07) is 10.6. The summed E-state index contributed by atoms with van der Waals surface area (Å²) in [5.41, 5.74) is -1.18. The molecule has 0 saturated heterocycles. The van der Waals surface area contributed by atoms with Crippen LogP contribution in [0.2, 0.25) is 0 Å². The minimum absolute atomic E-state index is 0.106. The molecule has 0 spiro atoms. The lowest BCUT2D eigenvalue weighted by molar-refractivity contribution is -0.137. The molecule has 1 aromatic heterocycles. The van der Waals surface area contributed by atoms with E-state index in [4.69, 9.17) is 0 Å². The Morgan fingerprint density at radius 1 is 1.10 bits per heavy atom. The molecule has 0 bridgehead atoms. The lowest BCUT2D eigenvalue weighted by atomic mass is 10.1. The van der Waals surface area contributed by atoms with Crippen molar-refractivity contribution in [3.8, 4) is 11.4 Å². The maximum atomic E-state index is 13.1. The minimum atomic E-state index is -4.61. The third-order valence-corrected chi connectivity index (χ3v) is 3.81. The van der Waals surface area contributed by atoms with Gasteiger partial charge in [-0.05, 0) is 18.2 Å². The van der Waals surface area contributed by atoms with Crippen LogP contribution in [0.5, 0.6) is 5.75 Å². The molecule has 3 aromatic rings. The lowest BCUT2D eigenvalue weighted by Gasteiger charge is -2.11. The smallest absolute Gasteiger partial charge is 0.418 e. The molecule has 1 amide bonds. The molecule has 29 heavy (non-hydrogen) atoms. The Morgan fingerprint density at radius 2 is 1.79 bits per heavy atom. The van der Waals surface area contributed by atoms with Crippen molar-refractivity contribution in [2.75, 3.05) is 0 Å². The van der Waals surface area contributed by atoms with Crippen LogP contribution in [0, 0.1) is 0 Å². The van der Waals surface area contributed by atoms with Gasteiger partial charge in [0.15, 0.2) is 5.69 Å². The number of rotatable bonds is 6. The Balaban J connectivity index is 1.75. The fourth-order valence-corrected chi connectivity index (χ4v) is 2.53. The molecule has 0 aliphatic carbocycles. The summed E-state index contributed by atoms with van der Waals surface area (Å²) in [5.74, 6) is -0.849. The number of aromatic nitrogens is 3. The van der Waals surface area contributed by atoms with E-state index in [1.165, 1.54) is 36.4 Å². The monoisotopic (exact) mass is 412 g/mol. The van der Waals surface area contributed by atoms with Crippen molar-refractivity contribution < 1.29 is 31.5 Å². The van der Waals surface area contributed by atoms with Gasteiger partial charge in [0.2, 0.25) is 0 Å². The third-order valence-electron chi connectivity index (χ3n) is 3.81. The zero-order chi connectivity index (χ0) is 21.0. The molecule has 2 aromatic carbocycles. The Hall–Kier alpha value is -3.50. The first-order valence-electron chi connectivity index (χ1n) is 8.15. The molecular weight excluding hydrogens is 399 g/mol. The number of carbonyl (C=O) groups excluding carboxylic acids is 1. The van der Waals surface area contributed by atoms with Crippen molar-refractivity contribution in [2.45, 2.75) is 19.3 Å². The zero-order valence-corrected chi connectivity index (χ0v) is 14.5. The van der Waals surface area contributed by atoms with Gasteiger partial charge in [-0.15, -0.1) is 5.10 Å². The number of hydrogen-bond donors (Lipinski definition) is 1. The number of carbonyl (C=O) groups is 1. The van der Waals surface area contributed by atoms with Gasteiger partial charge in [0, 0.05) is 12.1 Å². The van der Waals surface area contributed by atoms with Crippen molar-refractivity contribution in [2.24, 2.45) is 0 Å². The van der Waals surface area contributed by atoms with E-state index in [2.05, 4.69) is 20.4 Å². The number of para-hydroxylation sites is 2. The van der Waals surface area contributed by atoms with Crippen LogP contribution in [0.3, 0.4) is 0 Å². The maximum Gasteiger partial charge on any atom is 0.418 e. The number of alkyl halides is 5. The van der Waals surface area contributed by atoms with Crippen molar-refractivity contribution in [1.29, 1.82) is 0 Å². The lowest BCUT2D eigenvalue weighted by Crippen LogP contribution is -2.23. The van der Waals surface area contributed by atoms with Crippen LogP contribution in [-0.2, 0) is 12.7 Å². The second-order valence-corrected chi connectivity index (χ2v) is 5.73. The van der Waals surface area contributed by atoms with Gasteiger partial charge >= 0.3 is 12.8 Å². The maximum absolute atomic E-state index is 13.1. The summed E-state index contributed by atoms with van der Waals surface area (Å²) in [7, 11) is 0. The van der Waals surface area contributed by atoms with E-state index in [0.717, 1.165) is 16.9 Å². The largest absolute Gasteiger partial charge is 0.434 e. The van der Waals surface area contributed by atoms with Crippen LogP contribution in [0.1, 0.15) is 21.6 Å². The molecule has 152 valence electrons. The van der Waals surface area contributed by atoms with Crippen LogP contribution >= 0.6 is 0 Å². The second kappa shape index (κ2) is 8.25. The first-order chi connectivity index (χ1) is 13.8. The van der Waals surface area contributed by atoms with Gasteiger partial charge in [-0.2, -0.15) is 22.0 Å². The van der Waals surface area contributed by atoms with Crippen LogP contribution in [0.4, 0.5) is 22.0 Å². The molecule has 0 radical (unpaired) electrons. The fourth-order valence-electron chi connectivity index (χ4n) is 2.53. The third kappa shape index (κ3) is 4.86. The molecule has 1 heterocycles. The number of hydrogen-bond acceptors (Lipinski definition) is 4. The Morgan fingerprint density at radius 3 is 2.52 bits per heavy atom. The average Bonchev–Trinajstić information content (AvgIpc) is 3.16. The van der Waals surface area contributed by atoms with E-state index in [1.54, 1.807) is 6.07 Å². The number of ether oxygens (including phenoxy) is 1. The highest BCUT2D eigenvalue weighted by Gasteiger charge is 2.34. The number of amides is 1. The van der Waals surface area contributed by atoms with Gasteiger partial charge < -0.3 is 10.1 Å². The second-order valence-electron chi connectivity index (χ2n) is 5.73. The van der Waals surface area contributed by atoms with Crippen LogP contribution in [0.15, 0.2) is 54.7 Å². The van der Waals surface area contributed by atoms with Crippen molar-refractivity contribution >= 4 is 5.91 Å². The summed E-state index contributed by atoms with van der Waals surface area (Å²) in [6.07, 6.45) is -3.57. The predicted octanol–water partition coefficient (Wildman–Crippen LogP) is 3.82. The molecule has 0 aliphatic rings. The van der Waals surface area contributed by atoms with E-state index in [1.807, 2.05) is 0 Å². The van der Waals surface area contributed by atoms with Crippen molar-refractivity contribution in [1.82, 2.24) is 20.3 Å². The number of benzene rings is 2. The van der Waals surface area contributed by atoms with E-state index in [-0.39, 0.29) is 29.2 Å². The highest BCUT2D eigenvalue weighted by atomic mass is 19.4. The van der Waals surface area contributed by atoms with Gasteiger partial charge in [0.05, 0.1) is 17.4 Å². The molecule has 0 saturated carbocycles. The first-order valence-corrected chi connectivity index (χ1v) is 8.15. The highest BCUT2D eigenvalue weighted by Crippen LogP contribution is 2.33. The van der Waals surface area contributed by atoms with Crippen molar-refractivity contribution in [3.05, 3.63) is 71.5 Å². The summed E-state index contributed by atoms with van der Waals surface area (Å²) in [6.45, 7) is -3.19. The SMILES string of the molecule is O=C(NCc1ccccc1OC(F)F)c1cn(-c2ccccc2C(F)(F)F)nn1. The summed E-state index contributed by atoms with van der Waals surface area (Å²) < 4.78 is 69.5. The number of nitrogens with zero attached hydrogens (tertiary/aromatic N) is 3. The van der Waals surface area contributed by atoms with Crippen molar-refractivity contribution in [3.63, 3.8) is 0 Å². The van der Waals surface area contributed by atoms with E-state index >= 15 is 0 Å². The van der Waals surface area contributed by atoms with Gasteiger partial charge in [0.25, 0.3) is 5.91 Å². The normalized spacial score (nSPS) is 11.5. The number of halogens is 5. The summed E-state index contributed by atoms with van der Waals surface area (Å²) in [4.78, 5) is 12.2. The highest BCUT2D eigenvalue weighted by molar-refractivity contribution is 5.91. The van der Waals surface area contributed by atoms with Gasteiger partial charge in [-0.3, -0.25) is 4.79 Å². The molecule has 6 nitrogen and oxygen atoms in total. The Bertz CT molecular complexity index is 1000. The van der Waals surface area contributed by atoms with Gasteiger partial charge in [0.1, 0.15) is 5.75 Å². The minimum Gasteiger partial charge on any atom is -0.434 e. The van der Waals surface area contributed by atoms with E-state index in [9.17, 15) is 26.7 Å². The van der Waals surface area contributed by atoms with E-state index < -0.39 is 24.3 Å². The van der Waals surface area contributed by atoms with Crippen LogP contribution < -0.4 is 10.1 Å². The summed E-state index contributed by atoms with van der Waals surface area (Å²) in [5, 5.41) is 9.59. The molecule has 1 N–H and O–H groups in total. The fraction of sp³-hybridized carbons (Fsp3) is 0.167. The van der Waals surface area contributed by atoms with Gasteiger partial charge in [-0.1, -0.05) is 35.5 Å². The average molecular weight is 412 g/mol. The van der Waals surface area contributed by atoms with Crippen LogP contribution in [0.25, 0.3) is 5.69 Å². The topological polar surface area (TPSA) is 69.0 Å². The predicted molar refractivity (Wildman–Crippen MR) is 90.6 cm³/mol. The zero-order valence-electron chi connectivity index (χ0n) is 14.5. The molecular formula is C18H13F5N4O2. The molecule has 0 fully saturated rings. The van der Waals surface area contributed by atoms with Gasteiger partial charge in [-0.25, -0.2) is 4.68 Å². The molecule has 0 aliphatic heterocycles. The standard InChI is InChI=1S/C18H13F5N4O2/c19-17(20)29-15-8-4-1-5-11(15)9-24-16(28)13-10-27(26-25-13)14-7-3-2-6-12(14)18(21,22)23/h1-8,10,17H,9H2,(H,24,28). The van der Waals surface area contributed by atoms with E-state index in [0.29, 0.717) is 0 Å². The molecule has 11 heteroatoms. The summed E-state index contributed by atoms with van der Waals surface area (Å²) >= 11 is 0. The quantitative estimate of drug-likeness (QED) is 0.625. The Labute approximate surface area is 160 Å². The number of nitrogens with one attached hydrogen (secondary N) is 1. The first kappa shape index (κ1) is 20.2. The molecule has 0 atom stereocenters. The molecule has 0 unspecified atom stereocenters. The molecule has 3 rings (SSSR count).